The Hall–Kier alpha value is -0.0900. The standard InChI is InChI=1S/C15H23BrN2.ClH/c1-12-5-6-14(15(16)8-12)11-18-7-3-4-13(10-18)9-17-2;/h5-6,8,13,17H,3-4,7,9-11H2,1-2H3;1H. The minimum Gasteiger partial charge on any atom is -0.319 e. The fraction of sp³-hybridized carbons (Fsp3) is 0.600. The highest BCUT2D eigenvalue weighted by molar-refractivity contribution is 9.10. The highest BCUT2D eigenvalue weighted by Gasteiger charge is 2.19. The van der Waals surface area contributed by atoms with Crippen LogP contribution < -0.4 is 5.32 Å². The number of benzene rings is 1. The van der Waals surface area contributed by atoms with Crippen LogP contribution in [0.4, 0.5) is 0 Å². The van der Waals surface area contributed by atoms with E-state index in [1.165, 1.54) is 41.5 Å². The number of piperidine rings is 1. The largest absolute Gasteiger partial charge is 0.319 e. The molecule has 0 bridgehead atoms. The summed E-state index contributed by atoms with van der Waals surface area (Å²) in [5.74, 6) is 0.813. The first-order valence-electron chi connectivity index (χ1n) is 6.81. The molecule has 1 unspecified atom stereocenters. The molecule has 2 nitrogen and oxygen atoms in total. The zero-order valence-electron chi connectivity index (χ0n) is 11.8. The molecule has 0 aromatic heterocycles. The van der Waals surface area contributed by atoms with Crippen LogP contribution in [0.25, 0.3) is 0 Å². The molecular weight excluding hydrogens is 324 g/mol. The van der Waals surface area contributed by atoms with E-state index >= 15 is 0 Å². The second-order valence-electron chi connectivity index (χ2n) is 5.40. The number of hydrogen-bond donors (Lipinski definition) is 1. The Balaban J connectivity index is 0.00000180. The lowest BCUT2D eigenvalue weighted by Crippen LogP contribution is -2.38. The van der Waals surface area contributed by atoms with Gasteiger partial charge in [0, 0.05) is 17.6 Å². The monoisotopic (exact) mass is 346 g/mol. The van der Waals surface area contributed by atoms with E-state index in [0.717, 1.165) is 19.0 Å². The van der Waals surface area contributed by atoms with Gasteiger partial charge >= 0.3 is 0 Å². The van der Waals surface area contributed by atoms with Gasteiger partial charge in [0.1, 0.15) is 0 Å². The van der Waals surface area contributed by atoms with Gasteiger partial charge in [-0.25, -0.2) is 0 Å². The molecule has 1 aromatic carbocycles. The molecule has 0 aliphatic carbocycles. The van der Waals surface area contributed by atoms with Gasteiger partial charge in [-0.15, -0.1) is 12.4 Å². The summed E-state index contributed by atoms with van der Waals surface area (Å²) in [5, 5.41) is 3.30. The van der Waals surface area contributed by atoms with Crippen LogP contribution in [0, 0.1) is 12.8 Å². The van der Waals surface area contributed by atoms with Gasteiger partial charge in [-0.05, 0) is 63.0 Å². The highest BCUT2D eigenvalue weighted by atomic mass is 79.9. The maximum Gasteiger partial charge on any atom is 0.0245 e. The quantitative estimate of drug-likeness (QED) is 0.895. The van der Waals surface area contributed by atoms with Gasteiger partial charge in [0.05, 0.1) is 0 Å². The number of aryl methyl sites for hydroxylation is 1. The minimum atomic E-state index is 0. The number of rotatable bonds is 4. The first kappa shape index (κ1) is 17.0. The Morgan fingerprint density at radius 1 is 1.42 bits per heavy atom. The van der Waals surface area contributed by atoms with Gasteiger partial charge in [0.2, 0.25) is 0 Å². The molecule has 1 N–H and O–H groups in total. The van der Waals surface area contributed by atoms with Gasteiger partial charge in [-0.1, -0.05) is 28.1 Å². The third-order valence-corrected chi connectivity index (χ3v) is 4.44. The smallest absolute Gasteiger partial charge is 0.0245 e. The van der Waals surface area contributed by atoms with Crippen molar-refractivity contribution < 1.29 is 0 Å². The number of nitrogens with zero attached hydrogens (tertiary/aromatic N) is 1. The van der Waals surface area contributed by atoms with Gasteiger partial charge in [-0.3, -0.25) is 4.90 Å². The molecule has 1 fully saturated rings. The van der Waals surface area contributed by atoms with E-state index in [9.17, 15) is 0 Å². The molecule has 1 aliphatic heterocycles. The van der Waals surface area contributed by atoms with Crippen molar-refractivity contribution in [2.45, 2.75) is 26.3 Å². The zero-order chi connectivity index (χ0) is 13.0. The van der Waals surface area contributed by atoms with Crippen LogP contribution in [0.2, 0.25) is 0 Å². The van der Waals surface area contributed by atoms with Crippen molar-refractivity contribution >= 4 is 28.3 Å². The average Bonchev–Trinajstić information content (AvgIpc) is 2.34. The maximum absolute atomic E-state index is 3.68. The average molecular weight is 348 g/mol. The predicted molar refractivity (Wildman–Crippen MR) is 88.1 cm³/mol. The number of nitrogens with one attached hydrogen (secondary N) is 1. The van der Waals surface area contributed by atoms with Crippen molar-refractivity contribution in [2.75, 3.05) is 26.7 Å². The molecule has 0 radical (unpaired) electrons. The van der Waals surface area contributed by atoms with Crippen molar-refractivity contribution in [3.63, 3.8) is 0 Å². The Morgan fingerprint density at radius 2 is 2.21 bits per heavy atom. The van der Waals surface area contributed by atoms with E-state index in [1.807, 2.05) is 0 Å². The molecule has 4 heteroatoms. The normalized spacial score (nSPS) is 20.1. The second-order valence-corrected chi connectivity index (χ2v) is 6.25. The molecule has 1 aromatic rings. The summed E-state index contributed by atoms with van der Waals surface area (Å²) < 4.78 is 1.25. The molecule has 19 heavy (non-hydrogen) atoms. The van der Waals surface area contributed by atoms with Crippen molar-refractivity contribution in [1.29, 1.82) is 0 Å². The molecule has 1 atom stereocenters. The summed E-state index contributed by atoms with van der Waals surface area (Å²) in [6.45, 7) is 6.81. The van der Waals surface area contributed by atoms with Gasteiger partial charge in [0.25, 0.3) is 0 Å². The van der Waals surface area contributed by atoms with Crippen LogP contribution in [-0.2, 0) is 6.54 Å². The van der Waals surface area contributed by atoms with Crippen LogP contribution in [0.5, 0.6) is 0 Å². The third-order valence-electron chi connectivity index (χ3n) is 3.70. The van der Waals surface area contributed by atoms with Crippen LogP contribution in [0.1, 0.15) is 24.0 Å². The summed E-state index contributed by atoms with van der Waals surface area (Å²) >= 11 is 3.68. The summed E-state index contributed by atoms with van der Waals surface area (Å²) in [5.41, 5.74) is 2.73. The fourth-order valence-corrected chi connectivity index (χ4v) is 3.39. The number of halogens is 2. The minimum absolute atomic E-state index is 0. The number of hydrogen-bond acceptors (Lipinski definition) is 2. The van der Waals surface area contributed by atoms with Crippen molar-refractivity contribution in [3.05, 3.63) is 33.8 Å². The van der Waals surface area contributed by atoms with Gasteiger partial charge in [-0.2, -0.15) is 0 Å². The number of likely N-dealkylation sites (tertiary alicyclic amines) is 1. The van der Waals surface area contributed by atoms with Crippen LogP contribution in [0.15, 0.2) is 22.7 Å². The molecule has 1 saturated heterocycles. The maximum atomic E-state index is 3.68. The molecule has 1 aliphatic rings. The lowest BCUT2D eigenvalue weighted by atomic mass is 9.97. The molecule has 0 amide bonds. The summed E-state index contributed by atoms with van der Waals surface area (Å²) in [6, 6.07) is 6.67. The molecule has 108 valence electrons. The van der Waals surface area contributed by atoms with E-state index in [1.54, 1.807) is 0 Å². The van der Waals surface area contributed by atoms with Crippen molar-refractivity contribution in [3.8, 4) is 0 Å². The molecule has 0 spiro atoms. The van der Waals surface area contributed by atoms with Crippen LogP contribution >= 0.6 is 28.3 Å². The highest BCUT2D eigenvalue weighted by Crippen LogP contribution is 2.23. The van der Waals surface area contributed by atoms with Gasteiger partial charge in [0.15, 0.2) is 0 Å². The lowest BCUT2D eigenvalue weighted by molar-refractivity contribution is 0.166. The fourth-order valence-electron chi connectivity index (χ4n) is 2.77. The molecule has 0 saturated carbocycles. The summed E-state index contributed by atoms with van der Waals surface area (Å²) in [7, 11) is 2.05. The summed E-state index contributed by atoms with van der Waals surface area (Å²) in [4.78, 5) is 2.58. The van der Waals surface area contributed by atoms with Crippen LogP contribution in [-0.4, -0.2) is 31.6 Å². The molecule has 2 rings (SSSR count). The second kappa shape index (κ2) is 8.25. The van der Waals surface area contributed by atoms with Crippen molar-refractivity contribution in [2.24, 2.45) is 5.92 Å². The Morgan fingerprint density at radius 3 is 2.89 bits per heavy atom. The van der Waals surface area contributed by atoms with E-state index in [0.29, 0.717) is 0 Å². The Kier molecular flexibility index (Phi) is 7.37. The third kappa shape index (κ3) is 5.07. The van der Waals surface area contributed by atoms with E-state index in [2.05, 4.69) is 58.3 Å². The van der Waals surface area contributed by atoms with E-state index < -0.39 is 0 Å². The Labute approximate surface area is 131 Å². The first-order valence-corrected chi connectivity index (χ1v) is 7.60. The predicted octanol–water partition coefficient (Wildman–Crippen LogP) is 3.61. The first-order chi connectivity index (χ1) is 8.69. The van der Waals surface area contributed by atoms with E-state index in [4.69, 9.17) is 0 Å². The van der Waals surface area contributed by atoms with E-state index in [-0.39, 0.29) is 12.4 Å². The summed E-state index contributed by atoms with van der Waals surface area (Å²) in [6.07, 6.45) is 2.70. The van der Waals surface area contributed by atoms with Crippen molar-refractivity contribution in [1.82, 2.24) is 10.2 Å². The lowest BCUT2D eigenvalue weighted by Gasteiger charge is -2.33. The Bertz CT molecular complexity index is 396. The topological polar surface area (TPSA) is 15.3 Å². The molecular formula is C15H24BrClN2. The van der Waals surface area contributed by atoms with Gasteiger partial charge < -0.3 is 5.32 Å². The zero-order valence-corrected chi connectivity index (χ0v) is 14.2. The molecule has 1 heterocycles. The SMILES string of the molecule is CNCC1CCCN(Cc2ccc(C)cc2Br)C1.Cl. The van der Waals surface area contributed by atoms with Crippen LogP contribution in [0.3, 0.4) is 0 Å².